The van der Waals surface area contributed by atoms with Gasteiger partial charge in [-0.2, -0.15) is 0 Å². The molecule has 0 aromatic rings. The third-order valence-corrected chi connectivity index (χ3v) is 2.09. The van der Waals surface area contributed by atoms with Crippen molar-refractivity contribution in [3.8, 4) is 0 Å². The van der Waals surface area contributed by atoms with Crippen LogP contribution in [0, 0.1) is 0 Å². The molecule has 0 rings (SSSR count). The van der Waals surface area contributed by atoms with E-state index in [2.05, 4.69) is 11.8 Å². The fourth-order valence-corrected chi connectivity index (χ4v) is 1.30. The van der Waals surface area contributed by atoms with Crippen LogP contribution >= 0.6 is 0 Å². The number of aliphatic carboxylic acids is 1. The van der Waals surface area contributed by atoms with Gasteiger partial charge in [0, 0.05) is 6.92 Å². The van der Waals surface area contributed by atoms with Crippen LogP contribution in [-0.2, 0) is 9.68 Å². The Bertz CT molecular complexity index is 123. The summed E-state index contributed by atoms with van der Waals surface area (Å²) in [6.45, 7) is 3.81. The van der Waals surface area contributed by atoms with Gasteiger partial charge < -0.3 is 5.11 Å². The Morgan fingerprint density at radius 2 is 1.38 bits per heavy atom. The summed E-state index contributed by atoms with van der Waals surface area (Å²) in [4.78, 5) is 13.0. The van der Waals surface area contributed by atoms with Gasteiger partial charge in [-0.25, -0.2) is 4.89 Å². The van der Waals surface area contributed by atoms with Crippen LogP contribution < -0.4 is 0 Å². The Morgan fingerprint density at radius 3 is 1.75 bits per heavy atom. The van der Waals surface area contributed by atoms with Crippen molar-refractivity contribution < 1.29 is 20.0 Å². The summed E-state index contributed by atoms with van der Waals surface area (Å²) in [6.07, 6.45) is 10.2. The molecule has 0 aromatic carbocycles. The first-order valence-electron chi connectivity index (χ1n) is 6.11. The first-order valence-corrected chi connectivity index (χ1v) is 6.11. The Hall–Kier alpha value is -0.610. The molecule has 0 atom stereocenters. The van der Waals surface area contributed by atoms with Crippen molar-refractivity contribution in [1.29, 1.82) is 0 Å². The molecule has 0 spiro atoms. The molecule has 4 nitrogen and oxygen atoms in total. The molecule has 0 aliphatic carbocycles. The van der Waals surface area contributed by atoms with Crippen LogP contribution in [0.2, 0.25) is 0 Å². The van der Waals surface area contributed by atoms with E-state index in [1.807, 2.05) is 0 Å². The Kier molecular flexibility index (Phi) is 18.7. The highest BCUT2D eigenvalue weighted by Gasteiger charge is 1.90. The first kappa shape index (κ1) is 17.8. The molecule has 0 fully saturated rings. The minimum Gasteiger partial charge on any atom is -0.481 e. The second-order valence-electron chi connectivity index (χ2n) is 3.83. The fraction of sp³-hybridized carbons (Fsp3) is 0.917. The number of carboxylic acid groups (broad SMARTS) is 1. The van der Waals surface area contributed by atoms with Gasteiger partial charge in [0.25, 0.3) is 5.97 Å². The summed E-state index contributed by atoms with van der Waals surface area (Å²) in [5.41, 5.74) is 0. The molecule has 0 amide bonds. The second-order valence-corrected chi connectivity index (χ2v) is 3.83. The van der Waals surface area contributed by atoms with Crippen molar-refractivity contribution in [3.05, 3.63) is 0 Å². The van der Waals surface area contributed by atoms with Crippen LogP contribution in [0.4, 0.5) is 0 Å². The smallest absolute Gasteiger partial charge is 0.300 e. The highest BCUT2D eigenvalue weighted by atomic mass is 17.1. The molecule has 0 saturated carbocycles. The maximum absolute atomic E-state index is 9.00. The monoisotopic (exact) mass is 234 g/mol. The van der Waals surface area contributed by atoms with E-state index in [1.165, 1.54) is 44.9 Å². The standard InChI is InChI=1S/C10H22O2.C2H4O2/c1-2-3-4-5-6-7-8-9-10-12-11;1-2(3)4/h11H,2-10H2,1H3;1H3,(H,3,4). The lowest BCUT2D eigenvalue weighted by molar-refractivity contribution is -0.242. The fourth-order valence-electron chi connectivity index (χ4n) is 1.30. The number of unbranched alkanes of at least 4 members (excludes halogenated alkanes) is 7. The van der Waals surface area contributed by atoms with Gasteiger partial charge in [-0.05, 0) is 6.42 Å². The summed E-state index contributed by atoms with van der Waals surface area (Å²) in [5.74, 6) is -0.833. The maximum Gasteiger partial charge on any atom is 0.300 e. The van der Waals surface area contributed by atoms with Crippen molar-refractivity contribution in [2.75, 3.05) is 6.61 Å². The zero-order chi connectivity index (χ0) is 12.6. The molecule has 2 N–H and O–H groups in total. The van der Waals surface area contributed by atoms with Crippen LogP contribution in [0.25, 0.3) is 0 Å². The summed E-state index contributed by atoms with van der Waals surface area (Å²) < 4.78 is 0. The zero-order valence-electron chi connectivity index (χ0n) is 10.6. The minimum absolute atomic E-state index is 0.495. The van der Waals surface area contributed by atoms with E-state index in [0.29, 0.717) is 6.61 Å². The van der Waals surface area contributed by atoms with Crippen molar-refractivity contribution in [3.63, 3.8) is 0 Å². The number of hydrogen-bond acceptors (Lipinski definition) is 3. The Balaban J connectivity index is 0. The predicted octanol–water partition coefficient (Wildman–Crippen LogP) is 3.71. The Morgan fingerprint density at radius 1 is 1.00 bits per heavy atom. The van der Waals surface area contributed by atoms with E-state index in [4.69, 9.17) is 15.2 Å². The van der Waals surface area contributed by atoms with Gasteiger partial charge in [-0.1, -0.05) is 51.9 Å². The van der Waals surface area contributed by atoms with Crippen molar-refractivity contribution in [1.82, 2.24) is 0 Å². The molecule has 0 aromatic heterocycles. The van der Waals surface area contributed by atoms with E-state index in [1.54, 1.807) is 0 Å². The number of hydrogen-bond donors (Lipinski definition) is 2. The third-order valence-electron chi connectivity index (χ3n) is 2.09. The Labute approximate surface area is 98.6 Å². The molecule has 0 bridgehead atoms. The summed E-state index contributed by atoms with van der Waals surface area (Å²) in [7, 11) is 0. The van der Waals surface area contributed by atoms with Crippen LogP contribution in [-0.4, -0.2) is 22.9 Å². The van der Waals surface area contributed by atoms with Crippen LogP contribution in [0.15, 0.2) is 0 Å². The second kappa shape index (κ2) is 16.8. The summed E-state index contributed by atoms with van der Waals surface area (Å²) in [6, 6.07) is 0. The quantitative estimate of drug-likeness (QED) is 0.362. The molecule has 0 saturated heterocycles. The highest BCUT2D eigenvalue weighted by Crippen LogP contribution is 2.07. The summed E-state index contributed by atoms with van der Waals surface area (Å²) >= 11 is 0. The molecule has 0 heterocycles. The van der Waals surface area contributed by atoms with Gasteiger partial charge >= 0.3 is 0 Å². The van der Waals surface area contributed by atoms with Gasteiger partial charge in [-0.3, -0.25) is 10.1 Å². The van der Waals surface area contributed by atoms with E-state index in [-0.39, 0.29) is 0 Å². The SMILES string of the molecule is CC(=O)O.CCCCCCCCCCOO. The van der Waals surface area contributed by atoms with Crippen LogP contribution in [0.5, 0.6) is 0 Å². The first-order chi connectivity index (χ1) is 7.65. The average molecular weight is 234 g/mol. The van der Waals surface area contributed by atoms with E-state index < -0.39 is 5.97 Å². The third kappa shape index (κ3) is 29.2. The van der Waals surface area contributed by atoms with E-state index in [9.17, 15) is 0 Å². The van der Waals surface area contributed by atoms with Crippen molar-refractivity contribution in [2.24, 2.45) is 0 Å². The lowest BCUT2D eigenvalue weighted by Crippen LogP contribution is -1.88. The molecule has 0 radical (unpaired) electrons. The van der Waals surface area contributed by atoms with Crippen LogP contribution in [0.3, 0.4) is 0 Å². The van der Waals surface area contributed by atoms with Crippen molar-refractivity contribution in [2.45, 2.75) is 65.2 Å². The molecule has 0 aliphatic rings. The number of carbonyl (C=O) groups is 1. The van der Waals surface area contributed by atoms with Crippen LogP contribution in [0.1, 0.15) is 65.2 Å². The van der Waals surface area contributed by atoms with E-state index in [0.717, 1.165) is 13.3 Å². The lowest BCUT2D eigenvalue weighted by Gasteiger charge is -1.99. The molecule has 0 aliphatic heterocycles. The lowest BCUT2D eigenvalue weighted by atomic mass is 10.1. The minimum atomic E-state index is -0.833. The summed E-state index contributed by atoms with van der Waals surface area (Å²) in [5, 5.41) is 15.5. The topological polar surface area (TPSA) is 66.8 Å². The van der Waals surface area contributed by atoms with Gasteiger partial charge in [-0.15, -0.1) is 0 Å². The number of carboxylic acids is 1. The molecule has 16 heavy (non-hydrogen) atoms. The molecule has 0 unspecified atom stereocenters. The molecule has 4 heteroatoms. The highest BCUT2D eigenvalue weighted by molar-refractivity contribution is 5.62. The maximum atomic E-state index is 9.00. The normalized spacial score (nSPS) is 9.44. The van der Waals surface area contributed by atoms with E-state index >= 15 is 0 Å². The van der Waals surface area contributed by atoms with Gasteiger partial charge in [0.05, 0.1) is 6.61 Å². The number of rotatable bonds is 9. The largest absolute Gasteiger partial charge is 0.481 e. The van der Waals surface area contributed by atoms with Gasteiger partial charge in [0.2, 0.25) is 0 Å². The molecular formula is C12H26O4. The molecule has 98 valence electrons. The zero-order valence-corrected chi connectivity index (χ0v) is 10.6. The van der Waals surface area contributed by atoms with Gasteiger partial charge in [0.1, 0.15) is 0 Å². The predicted molar refractivity (Wildman–Crippen MR) is 64.5 cm³/mol. The molecular weight excluding hydrogens is 208 g/mol. The average Bonchev–Trinajstić information content (AvgIpc) is 2.21. The van der Waals surface area contributed by atoms with Gasteiger partial charge in [0.15, 0.2) is 0 Å². The van der Waals surface area contributed by atoms with Crippen molar-refractivity contribution >= 4 is 5.97 Å².